The molecule has 0 amide bonds. The van der Waals surface area contributed by atoms with Crippen LogP contribution in [0, 0.1) is 0 Å². The molecule has 0 fully saturated rings. The first-order valence-corrected chi connectivity index (χ1v) is 5.92. The molecule has 0 aliphatic carbocycles. The van der Waals surface area contributed by atoms with E-state index in [0.29, 0.717) is 0 Å². The summed E-state index contributed by atoms with van der Waals surface area (Å²) in [5.74, 6) is 0.991. The van der Waals surface area contributed by atoms with Gasteiger partial charge in [0.25, 0.3) is 0 Å². The molecule has 1 atom stereocenters. The van der Waals surface area contributed by atoms with E-state index in [-0.39, 0.29) is 6.04 Å². The lowest BCUT2D eigenvalue weighted by Gasteiger charge is -2.07. The SMILES string of the molecule is CCNC(C)c1cc2cc(Br)ccc2o1. The highest BCUT2D eigenvalue weighted by Gasteiger charge is 2.10. The molecule has 0 aliphatic heterocycles. The zero-order chi connectivity index (χ0) is 10.8. The molecule has 0 spiro atoms. The molecule has 2 aromatic rings. The van der Waals surface area contributed by atoms with Crippen LogP contribution in [0.4, 0.5) is 0 Å². The largest absolute Gasteiger partial charge is 0.459 e. The van der Waals surface area contributed by atoms with Crippen LogP contribution < -0.4 is 5.32 Å². The molecule has 0 saturated heterocycles. The highest BCUT2D eigenvalue weighted by Crippen LogP contribution is 2.26. The molecule has 1 aromatic heterocycles. The third-order valence-corrected chi connectivity index (χ3v) is 2.93. The minimum absolute atomic E-state index is 0.265. The number of furan rings is 1. The van der Waals surface area contributed by atoms with E-state index in [0.717, 1.165) is 27.7 Å². The Bertz CT molecular complexity index is 464. The fourth-order valence-electron chi connectivity index (χ4n) is 1.65. The van der Waals surface area contributed by atoms with Crippen molar-refractivity contribution < 1.29 is 4.42 Å². The van der Waals surface area contributed by atoms with E-state index in [4.69, 9.17) is 4.42 Å². The van der Waals surface area contributed by atoms with Gasteiger partial charge in [-0.05, 0) is 37.7 Å². The number of benzene rings is 1. The second-order valence-corrected chi connectivity index (χ2v) is 4.53. The van der Waals surface area contributed by atoms with Gasteiger partial charge < -0.3 is 9.73 Å². The van der Waals surface area contributed by atoms with Gasteiger partial charge in [0.2, 0.25) is 0 Å². The summed E-state index contributed by atoms with van der Waals surface area (Å²) < 4.78 is 6.84. The molecular weight excluding hydrogens is 254 g/mol. The van der Waals surface area contributed by atoms with Crippen molar-refractivity contribution in [1.82, 2.24) is 5.32 Å². The molecule has 1 heterocycles. The summed E-state index contributed by atoms with van der Waals surface area (Å²) in [7, 11) is 0. The standard InChI is InChI=1S/C12H14BrNO/c1-3-14-8(2)12-7-9-6-10(13)4-5-11(9)15-12/h4-8,14H,3H2,1-2H3. The molecule has 0 aliphatic rings. The Hall–Kier alpha value is -0.800. The summed E-state index contributed by atoms with van der Waals surface area (Å²) in [5.41, 5.74) is 0.943. The van der Waals surface area contributed by atoms with Gasteiger partial charge in [-0.15, -0.1) is 0 Å². The second-order valence-electron chi connectivity index (χ2n) is 3.61. The Kier molecular flexibility index (Phi) is 3.12. The number of halogens is 1. The van der Waals surface area contributed by atoms with Crippen molar-refractivity contribution in [2.45, 2.75) is 19.9 Å². The average molecular weight is 268 g/mol. The molecule has 80 valence electrons. The van der Waals surface area contributed by atoms with Gasteiger partial charge in [-0.25, -0.2) is 0 Å². The van der Waals surface area contributed by atoms with Gasteiger partial charge in [-0.1, -0.05) is 22.9 Å². The van der Waals surface area contributed by atoms with Crippen LogP contribution in [-0.4, -0.2) is 6.54 Å². The van der Waals surface area contributed by atoms with Crippen LogP contribution in [0.1, 0.15) is 25.6 Å². The number of fused-ring (bicyclic) bond motifs is 1. The van der Waals surface area contributed by atoms with Crippen molar-refractivity contribution in [2.24, 2.45) is 0 Å². The highest BCUT2D eigenvalue weighted by atomic mass is 79.9. The summed E-state index contributed by atoms with van der Waals surface area (Å²) in [6.07, 6.45) is 0. The lowest BCUT2D eigenvalue weighted by molar-refractivity contribution is 0.459. The fraction of sp³-hybridized carbons (Fsp3) is 0.333. The van der Waals surface area contributed by atoms with Crippen LogP contribution in [0.5, 0.6) is 0 Å². The van der Waals surface area contributed by atoms with Crippen LogP contribution in [0.3, 0.4) is 0 Å². The smallest absolute Gasteiger partial charge is 0.134 e. The Morgan fingerprint density at radius 1 is 1.40 bits per heavy atom. The fourth-order valence-corrected chi connectivity index (χ4v) is 2.03. The number of hydrogen-bond donors (Lipinski definition) is 1. The molecule has 1 unspecified atom stereocenters. The zero-order valence-corrected chi connectivity index (χ0v) is 10.5. The normalized spacial score (nSPS) is 13.3. The van der Waals surface area contributed by atoms with Crippen molar-refractivity contribution in [1.29, 1.82) is 0 Å². The number of nitrogens with one attached hydrogen (secondary N) is 1. The van der Waals surface area contributed by atoms with E-state index < -0.39 is 0 Å². The molecule has 2 nitrogen and oxygen atoms in total. The van der Waals surface area contributed by atoms with Gasteiger partial charge in [0.15, 0.2) is 0 Å². The van der Waals surface area contributed by atoms with Crippen LogP contribution in [0.25, 0.3) is 11.0 Å². The van der Waals surface area contributed by atoms with E-state index >= 15 is 0 Å². The summed E-state index contributed by atoms with van der Waals surface area (Å²) in [4.78, 5) is 0. The maximum atomic E-state index is 5.75. The van der Waals surface area contributed by atoms with Crippen LogP contribution in [-0.2, 0) is 0 Å². The predicted molar refractivity (Wildman–Crippen MR) is 66.0 cm³/mol. The van der Waals surface area contributed by atoms with Gasteiger partial charge in [0.1, 0.15) is 11.3 Å². The topological polar surface area (TPSA) is 25.2 Å². The lowest BCUT2D eigenvalue weighted by Crippen LogP contribution is -2.16. The molecule has 15 heavy (non-hydrogen) atoms. The van der Waals surface area contributed by atoms with Crippen LogP contribution >= 0.6 is 15.9 Å². The molecule has 3 heteroatoms. The van der Waals surface area contributed by atoms with Crippen molar-refractivity contribution in [3.8, 4) is 0 Å². The maximum absolute atomic E-state index is 5.75. The maximum Gasteiger partial charge on any atom is 0.134 e. The lowest BCUT2D eigenvalue weighted by atomic mass is 10.2. The molecule has 1 aromatic carbocycles. The van der Waals surface area contributed by atoms with Gasteiger partial charge in [0, 0.05) is 9.86 Å². The first-order valence-electron chi connectivity index (χ1n) is 5.13. The summed E-state index contributed by atoms with van der Waals surface area (Å²) in [5, 5.41) is 4.47. The van der Waals surface area contributed by atoms with Gasteiger partial charge in [0.05, 0.1) is 6.04 Å². The Labute approximate surface area is 97.8 Å². The zero-order valence-electron chi connectivity index (χ0n) is 8.88. The average Bonchev–Trinajstić information content (AvgIpc) is 2.60. The number of rotatable bonds is 3. The molecule has 1 N–H and O–H groups in total. The Balaban J connectivity index is 2.38. The molecular formula is C12H14BrNO. The van der Waals surface area contributed by atoms with E-state index in [2.05, 4.69) is 47.2 Å². The summed E-state index contributed by atoms with van der Waals surface area (Å²) in [6.45, 7) is 5.15. The van der Waals surface area contributed by atoms with Gasteiger partial charge in [-0.2, -0.15) is 0 Å². The molecule has 0 saturated carbocycles. The van der Waals surface area contributed by atoms with Crippen molar-refractivity contribution in [3.63, 3.8) is 0 Å². The summed E-state index contributed by atoms with van der Waals surface area (Å²) >= 11 is 3.45. The molecule has 0 bridgehead atoms. The third-order valence-electron chi connectivity index (χ3n) is 2.43. The monoisotopic (exact) mass is 267 g/mol. The Morgan fingerprint density at radius 2 is 2.20 bits per heavy atom. The van der Waals surface area contributed by atoms with E-state index in [1.165, 1.54) is 0 Å². The Morgan fingerprint density at radius 3 is 2.93 bits per heavy atom. The first kappa shape index (κ1) is 10.7. The van der Waals surface area contributed by atoms with E-state index in [1.54, 1.807) is 0 Å². The quantitative estimate of drug-likeness (QED) is 0.914. The first-order chi connectivity index (χ1) is 7.20. The van der Waals surface area contributed by atoms with Gasteiger partial charge in [-0.3, -0.25) is 0 Å². The van der Waals surface area contributed by atoms with Gasteiger partial charge >= 0.3 is 0 Å². The van der Waals surface area contributed by atoms with E-state index in [9.17, 15) is 0 Å². The second kappa shape index (κ2) is 4.37. The van der Waals surface area contributed by atoms with Crippen LogP contribution in [0.2, 0.25) is 0 Å². The minimum Gasteiger partial charge on any atom is -0.459 e. The summed E-state index contributed by atoms with van der Waals surface area (Å²) in [6, 6.07) is 8.41. The van der Waals surface area contributed by atoms with E-state index in [1.807, 2.05) is 12.1 Å². The van der Waals surface area contributed by atoms with Crippen molar-refractivity contribution in [3.05, 3.63) is 34.5 Å². The molecule has 0 radical (unpaired) electrons. The predicted octanol–water partition coefficient (Wildman–Crippen LogP) is 3.87. The van der Waals surface area contributed by atoms with Crippen LogP contribution in [0.15, 0.2) is 33.2 Å². The number of hydrogen-bond acceptors (Lipinski definition) is 2. The highest BCUT2D eigenvalue weighted by molar-refractivity contribution is 9.10. The van der Waals surface area contributed by atoms with Crippen molar-refractivity contribution in [2.75, 3.05) is 6.54 Å². The van der Waals surface area contributed by atoms with Crippen molar-refractivity contribution >= 4 is 26.9 Å². The minimum atomic E-state index is 0.265. The molecule has 2 rings (SSSR count). The third kappa shape index (κ3) is 2.24.